The number of aliphatic carboxylic acids is 1. The normalized spacial score (nSPS) is 16.1. The number of ether oxygens (including phenoxy) is 1. The maximum absolute atomic E-state index is 12.3. The van der Waals surface area contributed by atoms with Crippen molar-refractivity contribution in [3.05, 3.63) is 71.8 Å². The first kappa shape index (κ1) is 18.0. The van der Waals surface area contributed by atoms with Crippen molar-refractivity contribution in [3.63, 3.8) is 0 Å². The standard InChI is InChI=1S/C21H23NO4/c23-19(24)15-21(18-9-5-2-6-10-18)11-13-22(14-12-21)20(25)26-16-17-7-3-1-4-8-17/h1-10H,11-16H2,(H,23,24). The lowest BCUT2D eigenvalue weighted by Crippen LogP contribution is -2.46. The lowest BCUT2D eigenvalue weighted by Gasteiger charge is -2.41. The molecule has 0 bridgehead atoms. The minimum atomic E-state index is -0.811. The molecule has 1 N–H and O–H groups in total. The number of amides is 1. The number of rotatable bonds is 5. The minimum absolute atomic E-state index is 0.0733. The van der Waals surface area contributed by atoms with Crippen molar-refractivity contribution in [2.45, 2.75) is 31.3 Å². The van der Waals surface area contributed by atoms with Gasteiger partial charge in [-0.25, -0.2) is 4.79 Å². The predicted molar refractivity (Wildman–Crippen MR) is 97.8 cm³/mol. The van der Waals surface area contributed by atoms with Gasteiger partial charge in [0.15, 0.2) is 0 Å². The molecule has 0 spiro atoms. The Morgan fingerprint density at radius 3 is 2.12 bits per heavy atom. The Kier molecular flexibility index (Phi) is 5.56. The number of carboxylic acid groups (broad SMARTS) is 1. The summed E-state index contributed by atoms with van der Waals surface area (Å²) in [6.07, 6.45) is 0.961. The van der Waals surface area contributed by atoms with Crippen LogP contribution in [0.2, 0.25) is 0 Å². The number of hydrogen-bond donors (Lipinski definition) is 1. The highest BCUT2D eigenvalue weighted by Gasteiger charge is 2.39. The summed E-state index contributed by atoms with van der Waals surface area (Å²) >= 11 is 0. The molecule has 0 aliphatic carbocycles. The third-order valence-corrected chi connectivity index (χ3v) is 5.06. The number of likely N-dealkylation sites (tertiary alicyclic amines) is 1. The number of benzene rings is 2. The van der Waals surface area contributed by atoms with Crippen molar-refractivity contribution in [2.75, 3.05) is 13.1 Å². The van der Waals surface area contributed by atoms with Crippen LogP contribution in [0, 0.1) is 0 Å². The lowest BCUT2D eigenvalue weighted by molar-refractivity contribution is -0.139. The van der Waals surface area contributed by atoms with Gasteiger partial charge in [-0.15, -0.1) is 0 Å². The van der Waals surface area contributed by atoms with Crippen molar-refractivity contribution in [1.29, 1.82) is 0 Å². The van der Waals surface area contributed by atoms with Crippen molar-refractivity contribution < 1.29 is 19.4 Å². The second-order valence-electron chi connectivity index (χ2n) is 6.74. The van der Waals surface area contributed by atoms with Crippen LogP contribution in [0.25, 0.3) is 0 Å². The van der Waals surface area contributed by atoms with E-state index in [9.17, 15) is 14.7 Å². The Morgan fingerprint density at radius 1 is 0.962 bits per heavy atom. The van der Waals surface area contributed by atoms with Gasteiger partial charge in [0.2, 0.25) is 0 Å². The van der Waals surface area contributed by atoms with E-state index in [1.165, 1.54) is 0 Å². The maximum atomic E-state index is 12.3. The van der Waals surface area contributed by atoms with Crippen LogP contribution < -0.4 is 0 Å². The summed E-state index contributed by atoms with van der Waals surface area (Å²) in [7, 11) is 0. The zero-order valence-corrected chi connectivity index (χ0v) is 14.6. The van der Waals surface area contributed by atoms with Gasteiger partial charge >= 0.3 is 12.1 Å². The Bertz CT molecular complexity index is 737. The summed E-state index contributed by atoms with van der Waals surface area (Å²) in [4.78, 5) is 25.4. The monoisotopic (exact) mass is 353 g/mol. The van der Waals surface area contributed by atoms with Crippen LogP contribution in [0.1, 0.15) is 30.4 Å². The fraction of sp³-hybridized carbons (Fsp3) is 0.333. The van der Waals surface area contributed by atoms with E-state index in [0.717, 1.165) is 11.1 Å². The molecular formula is C21H23NO4. The number of carbonyl (C=O) groups is 2. The highest BCUT2D eigenvalue weighted by atomic mass is 16.6. The number of carboxylic acids is 1. The van der Waals surface area contributed by atoms with Crippen molar-refractivity contribution >= 4 is 12.1 Å². The Labute approximate surface area is 153 Å². The molecule has 1 saturated heterocycles. The lowest BCUT2D eigenvalue weighted by atomic mass is 9.70. The molecule has 1 aliphatic rings. The maximum Gasteiger partial charge on any atom is 0.410 e. The van der Waals surface area contributed by atoms with Crippen LogP contribution in [0.15, 0.2) is 60.7 Å². The molecular weight excluding hydrogens is 330 g/mol. The summed E-state index contributed by atoms with van der Waals surface area (Å²) in [6.45, 7) is 1.24. The SMILES string of the molecule is O=C(O)CC1(c2ccccc2)CCN(C(=O)OCc2ccccc2)CC1. The predicted octanol–water partition coefficient (Wildman–Crippen LogP) is 3.83. The van der Waals surface area contributed by atoms with Crippen molar-refractivity contribution in [2.24, 2.45) is 0 Å². The molecule has 3 rings (SSSR count). The zero-order valence-electron chi connectivity index (χ0n) is 14.6. The van der Waals surface area contributed by atoms with Crippen LogP contribution in [0.4, 0.5) is 4.79 Å². The first-order valence-corrected chi connectivity index (χ1v) is 8.82. The van der Waals surface area contributed by atoms with E-state index in [0.29, 0.717) is 25.9 Å². The van der Waals surface area contributed by atoms with Crippen molar-refractivity contribution in [1.82, 2.24) is 4.90 Å². The van der Waals surface area contributed by atoms with E-state index in [2.05, 4.69) is 0 Å². The molecule has 0 saturated carbocycles. The van der Waals surface area contributed by atoms with E-state index in [4.69, 9.17) is 4.74 Å². The average molecular weight is 353 g/mol. The molecule has 0 aromatic heterocycles. The quantitative estimate of drug-likeness (QED) is 0.887. The van der Waals surface area contributed by atoms with Crippen LogP contribution in [0.5, 0.6) is 0 Å². The smallest absolute Gasteiger partial charge is 0.410 e. The van der Waals surface area contributed by atoms with Gasteiger partial charge in [0, 0.05) is 18.5 Å². The van der Waals surface area contributed by atoms with Gasteiger partial charge in [-0.3, -0.25) is 4.79 Å². The number of carbonyl (C=O) groups excluding carboxylic acids is 1. The summed E-state index contributed by atoms with van der Waals surface area (Å²) < 4.78 is 5.39. The van der Waals surface area contributed by atoms with E-state index in [1.54, 1.807) is 4.90 Å². The fourth-order valence-corrected chi connectivity index (χ4v) is 3.58. The zero-order chi connectivity index (χ0) is 18.4. The van der Waals surface area contributed by atoms with Gasteiger partial charge in [0.05, 0.1) is 6.42 Å². The summed E-state index contributed by atoms with van der Waals surface area (Å²) in [5.74, 6) is -0.811. The van der Waals surface area contributed by atoms with Gasteiger partial charge in [-0.1, -0.05) is 60.7 Å². The first-order chi connectivity index (χ1) is 12.6. The highest BCUT2D eigenvalue weighted by molar-refractivity contribution is 5.70. The Balaban J connectivity index is 1.62. The molecule has 0 unspecified atom stereocenters. The fourth-order valence-electron chi connectivity index (χ4n) is 3.58. The molecule has 1 heterocycles. The average Bonchev–Trinajstić information content (AvgIpc) is 2.68. The molecule has 26 heavy (non-hydrogen) atoms. The van der Waals surface area contributed by atoms with Crippen LogP contribution in [0.3, 0.4) is 0 Å². The molecule has 5 heteroatoms. The van der Waals surface area contributed by atoms with Crippen LogP contribution >= 0.6 is 0 Å². The van der Waals surface area contributed by atoms with Gasteiger partial charge in [0.1, 0.15) is 6.61 Å². The minimum Gasteiger partial charge on any atom is -0.481 e. The topological polar surface area (TPSA) is 66.8 Å². The first-order valence-electron chi connectivity index (χ1n) is 8.82. The molecule has 2 aromatic carbocycles. The Morgan fingerprint density at radius 2 is 1.54 bits per heavy atom. The third-order valence-electron chi connectivity index (χ3n) is 5.06. The van der Waals surface area contributed by atoms with E-state index >= 15 is 0 Å². The summed E-state index contributed by atoms with van der Waals surface area (Å²) in [5, 5.41) is 9.37. The van der Waals surface area contributed by atoms with E-state index in [1.807, 2.05) is 60.7 Å². The molecule has 136 valence electrons. The summed E-state index contributed by atoms with van der Waals surface area (Å²) in [5.41, 5.74) is 1.55. The number of nitrogens with zero attached hydrogens (tertiary/aromatic N) is 1. The molecule has 5 nitrogen and oxygen atoms in total. The second kappa shape index (κ2) is 8.04. The van der Waals surface area contributed by atoms with Gasteiger partial charge in [-0.2, -0.15) is 0 Å². The number of piperidine rings is 1. The van der Waals surface area contributed by atoms with Gasteiger partial charge in [-0.05, 0) is 24.0 Å². The molecule has 2 aromatic rings. The molecule has 1 fully saturated rings. The van der Waals surface area contributed by atoms with E-state index in [-0.39, 0.29) is 19.1 Å². The number of hydrogen-bond acceptors (Lipinski definition) is 3. The van der Waals surface area contributed by atoms with Crippen LogP contribution in [-0.2, 0) is 21.6 Å². The largest absolute Gasteiger partial charge is 0.481 e. The second-order valence-corrected chi connectivity index (χ2v) is 6.74. The van der Waals surface area contributed by atoms with Gasteiger partial charge < -0.3 is 14.7 Å². The molecule has 0 atom stereocenters. The Hall–Kier alpha value is -2.82. The van der Waals surface area contributed by atoms with Gasteiger partial charge in [0.25, 0.3) is 0 Å². The van der Waals surface area contributed by atoms with Crippen LogP contribution in [-0.4, -0.2) is 35.2 Å². The van der Waals surface area contributed by atoms with Crippen molar-refractivity contribution in [3.8, 4) is 0 Å². The third kappa shape index (κ3) is 4.23. The van der Waals surface area contributed by atoms with E-state index < -0.39 is 11.4 Å². The molecule has 1 amide bonds. The summed E-state index contributed by atoms with van der Waals surface area (Å²) in [6, 6.07) is 19.3. The molecule has 1 aliphatic heterocycles. The highest BCUT2D eigenvalue weighted by Crippen LogP contribution is 2.38. The molecule has 0 radical (unpaired) electrons.